The smallest absolute Gasteiger partial charge is 0.327 e. The predicted octanol–water partition coefficient (Wildman–Crippen LogP) is 5.05. The van der Waals surface area contributed by atoms with Crippen molar-refractivity contribution in [3.8, 4) is 11.5 Å². The molecule has 0 radical (unpaired) electrons. The highest BCUT2D eigenvalue weighted by Crippen LogP contribution is 2.36. The molecule has 1 N–H and O–H groups in total. The Hall–Kier alpha value is -3.70. The Morgan fingerprint density at radius 1 is 1.11 bits per heavy atom. The number of hydrogen-bond acceptors (Lipinski definition) is 6. The van der Waals surface area contributed by atoms with Crippen molar-refractivity contribution in [3.63, 3.8) is 0 Å². The molecule has 1 aromatic carbocycles. The van der Waals surface area contributed by atoms with Crippen molar-refractivity contribution in [1.29, 1.82) is 0 Å². The maximum atomic E-state index is 14.4. The van der Waals surface area contributed by atoms with Crippen molar-refractivity contribution in [2.45, 2.75) is 58.9 Å². The SMILES string of the molecule is Cc1nc(-c2nn(Cc3ccccc3F)c3ncccc23)nc2[nH]c(=O)n(CCO[Si](C)(C)C(C)(C)C)c12. The van der Waals surface area contributed by atoms with Crippen LogP contribution in [-0.4, -0.2) is 49.2 Å². The molecule has 0 bridgehead atoms. The maximum absolute atomic E-state index is 14.4. The zero-order valence-electron chi connectivity index (χ0n) is 22.5. The summed E-state index contributed by atoms with van der Waals surface area (Å²) in [7, 11) is -1.94. The summed E-state index contributed by atoms with van der Waals surface area (Å²) >= 11 is 0. The lowest BCUT2D eigenvalue weighted by molar-refractivity contribution is 0.272. The van der Waals surface area contributed by atoms with Crippen molar-refractivity contribution in [3.05, 3.63) is 70.2 Å². The van der Waals surface area contributed by atoms with Crippen LogP contribution in [0.4, 0.5) is 4.39 Å². The number of hydrogen-bond donors (Lipinski definition) is 1. The minimum atomic E-state index is -1.94. The molecule has 0 atom stereocenters. The molecule has 0 aliphatic carbocycles. The number of aryl methyl sites for hydroxylation is 1. The average molecular weight is 534 g/mol. The molecular formula is C27H32FN7O2Si. The number of halogens is 1. The van der Waals surface area contributed by atoms with E-state index in [0.29, 0.717) is 52.7 Å². The van der Waals surface area contributed by atoms with E-state index in [1.54, 1.807) is 33.6 Å². The van der Waals surface area contributed by atoms with Crippen molar-refractivity contribution in [2.75, 3.05) is 6.61 Å². The first kappa shape index (κ1) is 25.9. The molecule has 4 aromatic heterocycles. The highest BCUT2D eigenvalue weighted by atomic mass is 28.4. The van der Waals surface area contributed by atoms with Gasteiger partial charge in [-0.1, -0.05) is 39.0 Å². The first-order valence-corrected chi connectivity index (χ1v) is 15.5. The van der Waals surface area contributed by atoms with Gasteiger partial charge in [0.15, 0.2) is 25.4 Å². The van der Waals surface area contributed by atoms with E-state index in [2.05, 4.69) is 48.8 Å². The molecular weight excluding hydrogens is 501 g/mol. The van der Waals surface area contributed by atoms with Crippen LogP contribution in [0, 0.1) is 12.7 Å². The summed E-state index contributed by atoms with van der Waals surface area (Å²) in [5, 5.41) is 5.55. The van der Waals surface area contributed by atoms with Crippen LogP contribution in [0.2, 0.25) is 18.1 Å². The summed E-state index contributed by atoms with van der Waals surface area (Å²) in [4.78, 5) is 29.6. The third-order valence-electron chi connectivity index (χ3n) is 7.38. The van der Waals surface area contributed by atoms with Crippen LogP contribution < -0.4 is 5.69 Å². The lowest BCUT2D eigenvalue weighted by Gasteiger charge is -2.36. The van der Waals surface area contributed by atoms with E-state index in [0.717, 1.165) is 5.39 Å². The predicted molar refractivity (Wildman–Crippen MR) is 148 cm³/mol. The second-order valence-electron chi connectivity index (χ2n) is 11.0. The molecule has 0 amide bonds. The minimum absolute atomic E-state index is 0.0828. The molecule has 38 heavy (non-hydrogen) atoms. The molecule has 0 aliphatic heterocycles. The van der Waals surface area contributed by atoms with Gasteiger partial charge >= 0.3 is 5.69 Å². The van der Waals surface area contributed by atoms with Crippen LogP contribution in [0.1, 0.15) is 32.0 Å². The number of H-pyrrole nitrogens is 1. The van der Waals surface area contributed by atoms with Crippen LogP contribution in [0.15, 0.2) is 47.4 Å². The van der Waals surface area contributed by atoms with Gasteiger partial charge in [-0.3, -0.25) is 9.55 Å². The molecule has 5 rings (SSSR count). The number of benzene rings is 1. The second-order valence-corrected chi connectivity index (χ2v) is 15.8. The third kappa shape index (κ3) is 4.67. The Bertz CT molecular complexity index is 1700. The molecule has 0 fully saturated rings. The standard InChI is InChI=1S/C27H32FN7O2Si/c1-17-22-24(32-26(36)34(22)14-15-37-38(5,6)27(2,3)4)31-23(30-17)21-19-11-9-13-29-25(19)35(33-21)16-18-10-7-8-12-20(18)28/h7-13H,14-16H2,1-6H3,(H,30,31,32,36). The molecule has 4 heterocycles. The van der Waals surface area contributed by atoms with E-state index >= 15 is 0 Å². The van der Waals surface area contributed by atoms with Crippen molar-refractivity contribution < 1.29 is 8.82 Å². The fourth-order valence-electron chi connectivity index (χ4n) is 4.25. The molecule has 0 saturated heterocycles. The van der Waals surface area contributed by atoms with Gasteiger partial charge in [0.1, 0.15) is 17.0 Å². The fraction of sp³-hybridized carbons (Fsp3) is 0.370. The molecule has 0 unspecified atom stereocenters. The summed E-state index contributed by atoms with van der Waals surface area (Å²) in [5.41, 5.74) is 3.09. The van der Waals surface area contributed by atoms with E-state index in [4.69, 9.17) is 14.5 Å². The molecule has 0 saturated carbocycles. The van der Waals surface area contributed by atoms with Gasteiger partial charge in [-0.05, 0) is 43.3 Å². The number of nitrogens with zero attached hydrogens (tertiary/aromatic N) is 6. The fourth-order valence-corrected chi connectivity index (χ4v) is 5.28. The van der Waals surface area contributed by atoms with E-state index in [-0.39, 0.29) is 23.1 Å². The molecule has 5 aromatic rings. The van der Waals surface area contributed by atoms with Crippen LogP contribution >= 0.6 is 0 Å². The van der Waals surface area contributed by atoms with E-state index in [1.165, 1.54) is 6.07 Å². The van der Waals surface area contributed by atoms with Gasteiger partial charge < -0.3 is 4.43 Å². The number of imidazole rings is 1. The summed E-state index contributed by atoms with van der Waals surface area (Å²) < 4.78 is 23.9. The van der Waals surface area contributed by atoms with E-state index in [9.17, 15) is 9.18 Å². The largest absolute Gasteiger partial charge is 0.415 e. The van der Waals surface area contributed by atoms with Crippen molar-refractivity contribution in [1.82, 2.24) is 34.3 Å². The molecule has 9 nitrogen and oxygen atoms in total. The van der Waals surface area contributed by atoms with Crippen molar-refractivity contribution >= 4 is 30.5 Å². The number of pyridine rings is 1. The minimum Gasteiger partial charge on any atom is -0.415 e. The second kappa shape index (κ2) is 9.55. The Morgan fingerprint density at radius 3 is 2.61 bits per heavy atom. The first-order valence-electron chi connectivity index (χ1n) is 12.6. The lowest BCUT2D eigenvalue weighted by atomic mass is 10.2. The van der Waals surface area contributed by atoms with E-state index < -0.39 is 8.32 Å². The van der Waals surface area contributed by atoms with Crippen molar-refractivity contribution in [2.24, 2.45) is 0 Å². The zero-order chi connectivity index (χ0) is 27.2. The molecule has 0 aliphatic rings. The normalized spacial score (nSPS) is 12.6. The highest BCUT2D eigenvalue weighted by Gasteiger charge is 2.37. The van der Waals surface area contributed by atoms with E-state index in [1.807, 2.05) is 19.1 Å². The average Bonchev–Trinajstić information content (AvgIpc) is 3.37. The van der Waals surface area contributed by atoms with Gasteiger partial charge in [0, 0.05) is 11.8 Å². The molecule has 198 valence electrons. The maximum Gasteiger partial charge on any atom is 0.327 e. The summed E-state index contributed by atoms with van der Waals surface area (Å²) in [6, 6.07) is 10.3. The number of nitrogens with one attached hydrogen (secondary N) is 1. The van der Waals surface area contributed by atoms with Gasteiger partial charge in [-0.25, -0.2) is 28.8 Å². The number of aromatic nitrogens is 7. The van der Waals surface area contributed by atoms with Gasteiger partial charge in [-0.2, -0.15) is 5.10 Å². The topological polar surface area (TPSA) is 104 Å². The van der Waals surface area contributed by atoms with Gasteiger partial charge in [0.05, 0.1) is 30.8 Å². The Labute approximate surface area is 220 Å². The van der Waals surface area contributed by atoms with Gasteiger partial charge in [0.25, 0.3) is 0 Å². The van der Waals surface area contributed by atoms with Crippen LogP contribution in [0.5, 0.6) is 0 Å². The Balaban J connectivity index is 1.51. The number of rotatable bonds is 7. The first-order chi connectivity index (χ1) is 18.0. The zero-order valence-corrected chi connectivity index (χ0v) is 23.5. The summed E-state index contributed by atoms with van der Waals surface area (Å²) in [6.45, 7) is 13.8. The molecule has 0 spiro atoms. The lowest BCUT2D eigenvalue weighted by Crippen LogP contribution is -2.41. The summed E-state index contributed by atoms with van der Waals surface area (Å²) in [6.07, 6.45) is 1.67. The highest BCUT2D eigenvalue weighted by molar-refractivity contribution is 6.74. The third-order valence-corrected chi connectivity index (χ3v) is 11.9. The number of fused-ring (bicyclic) bond motifs is 2. The van der Waals surface area contributed by atoms with Crippen LogP contribution in [-0.2, 0) is 17.5 Å². The monoisotopic (exact) mass is 533 g/mol. The van der Waals surface area contributed by atoms with Gasteiger partial charge in [-0.15, -0.1) is 0 Å². The quantitative estimate of drug-likeness (QED) is 0.294. The van der Waals surface area contributed by atoms with Gasteiger partial charge in [0.2, 0.25) is 0 Å². The Morgan fingerprint density at radius 2 is 1.87 bits per heavy atom. The Kier molecular flexibility index (Phi) is 6.52. The summed E-state index contributed by atoms with van der Waals surface area (Å²) in [5.74, 6) is 0.0600. The van der Waals surface area contributed by atoms with Crippen LogP contribution in [0.3, 0.4) is 0 Å². The number of aromatic amines is 1. The molecule has 11 heteroatoms. The van der Waals surface area contributed by atoms with Crippen LogP contribution in [0.25, 0.3) is 33.7 Å².